The van der Waals surface area contributed by atoms with Crippen molar-refractivity contribution in [1.29, 1.82) is 0 Å². The Morgan fingerprint density at radius 2 is 2.22 bits per heavy atom. The molecule has 0 amide bonds. The zero-order chi connectivity index (χ0) is 13.0. The number of aromatic nitrogens is 1. The van der Waals surface area contributed by atoms with E-state index in [4.69, 9.17) is 4.74 Å². The zero-order valence-electron chi connectivity index (χ0n) is 10.6. The Balaban J connectivity index is 2.53. The van der Waals surface area contributed by atoms with Gasteiger partial charge in [-0.15, -0.1) is 17.9 Å². The van der Waals surface area contributed by atoms with E-state index < -0.39 is 0 Å². The summed E-state index contributed by atoms with van der Waals surface area (Å²) in [5, 5.41) is 2.09. The van der Waals surface area contributed by atoms with Gasteiger partial charge in [0.2, 0.25) is 0 Å². The summed E-state index contributed by atoms with van der Waals surface area (Å²) < 4.78 is 7.43. The van der Waals surface area contributed by atoms with Gasteiger partial charge < -0.3 is 9.30 Å². The molecule has 2 aromatic rings. The molecule has 0 saturated heterocycles. The van der Waals surface area contributed by atoms with Crippen molar-refractivity contribution in [3.63, 3.8) is 0 Å². The molecule has 0 atom stereocenters. The van der Waals surface area contributed by atoms with Gasteiger partial charge in [0, 0.05) is 17.6 Å². The average Bonchev–Trinajstić information content (AvgIpc) is 2.73. The lowest BCUT2D eigenvalue weighted by Crippen LogP contribution is -2.14. The van der Waals surface area contributed by atoms with Gasteiger partial charge in [0.25, 0.3) is 0 Å². The number of ether oxygens (including phenoxy) is 1. The molecule has 0 bridgehead atoms. The molecular formula is C14H16N2OS. The minimum absolute atomic E-state index is 0.767. The molecule has 0 radical (unpaired) electrons. The highest BCUT2D eigenvalue weighted by Crippen LogP contribution is 2.25. The van der Waals surface area contributed by atoms with Gasteiger partial charge in [0.1, 0.15) is 11.4 Å². The van der Waals surface area contributed by atoms with Crippen LogP contribution in [0.5, 0.6) is 5.75 Å². The predicted octanol–water partition coefficient (Wildman–Crippen LogP) is 3.29. The van der Waals surface area contributed by atoms with Crippen LogP contribution in [-0.2, 0) is 6.54 Å². The number of rotatable bonds is 4. The van der Waals surface area contributed by atoms with Crippen LogP contribution in [0.25, 0.3) is 0 Å². The number of nitrogens with zero attached hydrogens (tertiary/aromatic N) is 2. The van der Waals surface area contributed by atoms with Crippen molar-refractivity contribution in [2.45, 2.75) is 13.5 Å². The van der Waals surface area contributed by atoms with E-state index >= 15 is 0 Å². The van der Waals surface area contributed by atoms with Crippen molar-refractivity contribution in [3.8, 4) is 5.75 Å². The fourth-order valence-corrected chi connectivity index (χ4v) is 2.58. The SMILES string of the molecule is C=CCn1c(C)csc1=Nc1ccccc1OC. The Morgan fingerprint density at radius 3 is 2.94 bits per heavy atom. The molecule has 3 nitrogen and oxygen atoms in total. The zero-order valence-corrected chi connectivity index (χ0v) is 11.4. The van der Waals surface area contributed by atoms with Gasteiger partial charge in [-0.1, -0.05) is 18.2 Å². The maximum atomic E-state index is 5.31. The monoisotopic (exact) mass is 260 g/mol. The fourth-order valence-electron chi connectivity index (χ4n) is 1.68. The van der Waals surface area contributed by atoms with E-state index in [9.17, 15) is 0 Å². The topological polar surface area (TPSA) is 26.5 Å². The lowest BCUT2D eigenvalue weighted by Gasteiger charge is -2.04. The molecule has 1 aromatic heterocycles. The van der Waals surface area contributed by atoms with Gasteiger partial charge >= 0.3 is 0 Å². The molecular weight excluding hydrogens is 244 g/mol. The third kappa shape index (κ3) is 2.54. The van der Waals surface area contributed by atoms with Gasteiger partial charge in [0.15, 0.2) is 4.80 Å². The summed E-state index contributed by atoms with van der Waals surface area (Å²) in [5.41, 5.74) is 2.04. The molecule has 0 saturated carbocycles. The van der Waals surface area contributed by atoms with Crippen LogP contribution in [0.1, 0.15) is 5.69 Å². The normalized spacial score (nSPS) is 11.6. The van der Waals surface area contributed by atoms with E-state index in [1.54, 1.807) is 18.4 Å². The predicted molar refractivity (Wildman–Crippen MR) is 75.5 cm³/mol. The Bertz CT molecular complexity index is 610. The summed E-state index contributed by atoms with van der Waals surface area (Å²) in [4.78, 5) is 5.62. The van der Waals surface area contributed by atoms with Crippen LogP contribution in [-0.4, -0.2) is 11.7 Å². The summed E-state index contributed by atoms with van der Waals surface area (Å²) in [6.45, 7) is 6.61. The molecule has 4 heteroatoms. The van der Waals surface area contributed by atoms with E-state index in [1.165, 1.54) is 5.69 Å². The minimum atomic E-state index is 0.767. The van der Waals surface area contributed by atoms with E-state index in [0.717, 1.165) is 22.8 Å². The minimum Gasteiger partial charge on any atom is -0.494 e. The maximum Gasteiger partial charge on any atom is 0.190 e. The largest absolute Gasteiger partial charge is 0.494 e. The molecule has 1 heterocycles. The van der Waals surface area contributed by atoms with Gasteiger partial charge in [-0.2, -0.15) is 0 Å². The molecule has 94 valence electrons. The first kappa shape index (κ1) is 12.6. The fraction of sp³-hybridized carbons (Fsp3) is 0.214. The van der Waals surface area contributed by atoms with E-state index in [-0.39, 0.29) is 0 Å². The Hall–Kier alpha value is -1.81. The van der Waals surface area contributed by atoms with Crippen LogP contribution in [0.4, 0.5) is 5.69 Å². The number of methoxy groups -OCH3 is 1. The summed E-state index contributed by atoms with van der Waals surface area (Å²) in [5.74, 6) is 0.786. The van der Waals surface area contributed by atoms with Crippen LogP contribution >= 0.6 is 11.3 Å². The third-order valence-electron chi connectivity index (χ3n) is 2.60. The highest BCUT2D eigenvalue weighted by atomic mass is 32.1. The second-order valence-corrected chi connectivity index (χ2v) is 4.68. The molecule has 0 aliphatic carbocycles. The summed E-state index contributed by atoms with van der Waals surface area (Å²) >= 11 is 1.62. The lowest BCUT2D eigenvalue weighted by molar-refractivity contribution is 0.416. The lowest BCUT2D eigenvalue weighted by atomic mass is 10.3. The molecule has 0 aliphatic rings. The first-order valence-electron chi connectivity index (χ1n) is 5.70. The van der Waals surface area contributed by atoms with Gasteiger partial charge in [-0.3, -0.25) is 0 Å². The molecule has 0 fully saturated rings. The number of benzene rings is 1. The molecule has 1 aromatic carbocycles. The van der Waals surface area contributed by atoms with Crippen LogP contribution in [0.15, 0.2) is 47.3 Å². The van der Waals surface area contributed by atoms with Crippen molar-refractivity contribution in [3.05, 3.63) is 52.8 Å². The van der Waals surface area contributed by atoms with Gasteiger partial charge in [-0.25, -0.2) is 4.99 Å². The molecule has 2 rings (SSSR count). The van der Waals surface area contributed by atoms with Crippen molar-refractivity contribution in [1.82, 2.24) is 4.57 Å². The third-order valence-corrected chi connectivity index (χ3v) is 3.59. The number of hydrogen-bond acceptors (Lipinski definition) is 3. The highest BCUT2D eigenvalue weighted by Gasteiger charge is 2.02. The Morgan fingerprint density at radius 1 is 1.44 bits per heavy atom. The average molecular weight is 260 g/mol. The second-order valence-electron chi connectivity index (χ2n) is 3.84. The van der Waals surface area contributed by atoms with Crippen LogP contribution in [0, 0.1) is 6.92 Å². The Kier molecular flexibility index (Phi) is 3.99. The van der Waals surface area contributed by atoms with Crippen LogP contribution in [0.3, 0.4) is 0 Å². The standard InChI is InChI=1S/C14H16N2OS/c1-4-9-16-11(2)10-18-14(16)15-12-7-5-6-8-13(12)17-3/h4-8,10H,1,9H2,2-3H3. The van der Waals surface area contributed by atoms with Crippen molar-refractivity contribution in [2.24, 2.45) is 4.99 Å². The maximum absolute atomic E-state index is 5.31. The second kappa shape index (κ2) is 5.69. The summed E-state index contributed by atoms with van der Waals surface area (Å²) in [6, 6.07) is 7.76. The number of allylic oxidation sites excluding steroid dienone is 1. The number of thiazole rings is 1. The molecule has 0 spiro atoms. The van der Waals surface area contributed by atoms with E-state index in [1.807, 2.05) is 30.3 Å². The van der Waals surface area contributed by atoms with Gasteiger partial charge in [0.05, 0.1) is 7.11 Å². The Labute approximate surface area is 111 Å². The highest BCUT2D eigenvalue weighted by molar-refractivity contribution is 7.07. The summed E-state index contributed by atoms with van der Waals surface area (Å²) in [7, 11) is 1.66. The number of para-hydroxylation sites is 2. The molecule has 0 unspecified atom stereocenters. The first-order valence-corrected chi connectivity index (χ1v) is 6.58. The van der Waals surface area contributed by atoms with Crippen LogP contribution in [0.2, 0.25) is 0 Å². The van der Waals surface area contributed by atoms with Crippen molar-refractivity contribution >= 4 is 17.0 Å². The smallest absolute Gasteiger partial charge is 0.190 e. The molecule has 18 heavy (non-hydrogen) atoms. The van der Waals surface area contributed by atoms with Crippen molar-refractivity contribution < 1.29 is 4.74 Å². The van der Waals surface area contributed by atoms with Crippen LogP contribution < -0.4 is 9.54 Å². The molecule has 0 aliphatic heterocycles. The summed E-state index contributed by atoms with van der Waals surface area (Å²) in [6.07, 6.45) is 1.88. The van der Waals surface area contributed by atoms with Gasteiger partial charge in [-0.05, 0) is 19.1 Å². The number of hydrogen-bond donors (Lipinski definition) is 0. The van der Waals surface area contributed by atoms with E-state index in [2.05, 4.69) is 28.4 Å². The quantitative estimate of drug-likeness (QED) is 0.775. The number of aryl methyl sites for hydroxylation is 1. The van der Waals surface area contributed by atoms with E-state index in [0.29, 0.717) is 0 Å². The van der Waals surface area contributed by atoms with Crippen molar-refractivity contribution in [2.75, 3.05) is 7.11 Å². The first-order chi connectivity index (χ1) is 8.76. The molecule has 0 N–H and O–H groups in total.